The topological polar surface area (TPSA) is 66.8 Å². The zero-order valence-electron chi connectivity index (χ0n) is 12.4. The van der Waals surface area contributed by atoms with E-state index in [1.807, 2.05) is 31.2 Å². The van der Waals surface area contributed by atoms with Crippen LogP contribution < -0.4 is 4.74 Å². The molecular weight excluding hydrogens is 270 g/mol. The molecule has 0 aromatic heterocycles. The number of nitrogens with zero attached hydrogens (tertiary/aromatic N) is 1. The molecule has 21 heavy (non-hydrogen) atoms. The van der Waals surface area contributed by atoms with Gasteiger partial charge in [-0.3, -0.25) is 9.59 Å². The average molecular weight is 291 g/mol. The van der Waals surface area contributed by atoms with E-state index < -0.39 is 11.9 Å². The number of benzene rings is 1. The van der Waals surface area contributed by atoms with Crippen molar-refractivity contribution < 1.29 is 19.4 Å². The number of carboxylic acids is 1. The summed E-state index contributed by atoms with van der Waals surface area (Å²) in [5, 5.41) is 8.83. The number of carbonyl (C=O) groups is 2. The number of aryl methyl sites for hydroxylation is 1. The Labute approximate surface area is 124 Å². The highest BCUT2D eigenvalue weighted by Crippen LogP contribution is 2.39. The van der Waals surface area contributed by atoms with Gasteiger partial charge in [-0.05, 0) is 31.4 Å². The van der Waals surface area contributed by atoms with Crippen molar-refractivity contribution in [1.82, 2.24) is 4.90 Å². The van der Waals surface area contributed by atoms with E-state index in [-0.39, 0.29) is 11.8 Å². The normalized spacial score (nSPS) is 19.9. The summed E-state index contributed by atoms with van der Waals surface area (Å²) in [6.45, 7) is 3.10. The molecular formula is C16H21NO4. The molecule has 1 aliphatic carbocycles. The molecule has 114 valence electrons. The lowest BCUT2D eigenvalue weighted by Crippen LogP contribution is -2.31. The van der Waals surface area contributed by atoms with Crippen LogP contribution >= 0.6 is 0 Å². The van der Waals surface area contributed by atoms with Gasteiger partial charge in [0.2, 0.25) is 5.91 Å². The van der Waals surface area contributed by atoms with Crippen molar-refractivity contribution in [3.05, 3.63) is 29.8 Å². The van der Waals surface area contributed by atoms with Gasteiger partial charge in [0.05, 0.1) is 18.4 Å². The SMILES string of the molecule is Cc1ccccc1OCCCN(C)C(=O)C1CC1C(=O)O. The van der Waals surface area contributed by atoms with Crippen LogP contribution in [0.3, 0.4) is 0 Å². The van der Waals surface area contributed by atoms with Gasteiger partial charge in [0.25, 0.3) is 0 Å². The molecule has 0 bridgehead atoms. The number of aliphatic carboxylic acids is 1. The van der Waals surface area contributed by atoms with E-state index in [9.17, 15) is 9.59 Å². The van der Waals surface area contributed by atoms with Crippen LogP contribution in [0.4, 0.5) is 0 Å². The molecule has 1 N–H and O–H groups in total. The maximum atomic E-state index is 12.0. The van der Waals surface area contributed by atoms with Crippen molar-refractivity contribution >= 4 is 11.9 Å². The van der Waals surface area contributed by atoms with E-state index in [2.05, 4.69) is 0 Å². The highest BCUT2D eigenvalue weighted by molar-refractivity contribution is 5.89. The van der Waals surface area contributed by atoms with E-state index >= 15 is 0 Å². The first kappa shape index (κ1) is 15.4. The predicted octanol–water partition coefficient (Wildman–Crippen LogP) is 1.94. The highest BCUT2D eigenvalue weighted by Gasteiger charge is 2.49. The number of para-hydroxylation sites is 1. The summed E-state index contributed by atoms with van der Waals surface area (Å²) in [7, 11) is 1.72. The summed E-state index contributed by atoms with van der Waals surface area (Å²) in [4.78, 5) is 24.3. The fourth-order valence-electron chi connectivity index (χ4n) is 2.34. The number of carbonyl (C=O) groups excluding carboxylic acids is 1. The molecule has 0 aliphatic heterocycles. The molecule has 5 heteroatoms. The van der Waals surface area contributed by atoms with E-state index in [0.717, 1.165) is 17.7 Å². The van der Waals surface area contributed by atoms with Crippen molar-refractivity contribution in [3.8, 4) is 5.75 Å². The molecule has 1 amide bonds. The van der Waals surface area contributed by atoms with Crippen molar-refractivity contribution in [1.29, 1.82) is 0 Å². The minimum Gasteiger partial charge on any atom is -0.493 e. The van der Waals surface area contributed by atoms with Gasteiger partial charge in [-0.25, -0.2) is 0 Å². The Hall–Kier alpha value is -2.04. The van der Waals surface area contributed by atoms with Gasteiger partial charge in [0, 0.05) is 13.6 Å². The van der Waals surface area contributed by atoms with Crippen LogP contribution in [0.15, 0.2) is 24.3 Å². The zero-order chi connectivity index (χ0) is 15.4. The summed E-state index contributed by atoms with van der Waals surface area (Å²) in [5.41, 5.74) is 1.09. The Morgan fingerprint density at radius 1 is 1.33 bits per heavy atom. The summed E-state index contributed by atoms with van der Waals surface area (Å²) in [5.74, 6) is -0.893. The monoisotopic (exact) mass is 291 g/mol. The van der Waals surface area contributed by atoms with Crippen LogP contribution in [-0.4, -0.2) is 42.1 Å². The van der Waals surface area contributed by atoms with Crippen molar-refractivity contribution in [3.63, 3.8) is 0 Å². The molecule has 1 saturated carbocycles. The third-order valence-corrected chi connectivity index (χ3v) is 3.79. The van der Waals surface area contributed by atoms with E-state index in [1.54, 1.807) is 11.9 Å². The average Bonchev–Trinajstić information content (AvgIpc) is 3.24. The Morgan fingerprint density at radius 2 is 2.05 bits per heavy atom. The van der Waals surface area contributed by atoms with Crippen molar-refractivity contribution in [2.24, 2.45) is 11.8 Å². The Balaban J connectivity index is 1.68. The molecule has 0 heterocycles. The number of hydrogen-bond donors (Lipinski definition) is 1. The third-order valence-electron chi connectivity index (χ3n) is 3.79. The minimum absolute atomic E-state index is 0.0710. The van der Waals surface area contributed by atoms with Gasteiger partial charge in [-0.1, -0.05) is 18.2 Å². The first-order valence-corrected chi connectivity index (χ1v) is 7.17. The Morgan fingerprint density at radius 3 is 2.67 bits per heavy atom. The minimum atomic E-state index is -0.871. The second kappa shape index (κ2) is 6.61. The van der Waals surface area contributed by atoms with Gasteiger partial charge in [-0.2, -0.15) is 0 Å². The molecule has 0 saturated heterocycles. The van der Waals surface area contributed by atoms with Crippen LogP contribution in [-0.2, 0) is 9.59 Å². The maximum Gasteiger partial charge on any atom is 0.307 e. The molecule has 1 aliphatic rings. The quantitative estimate of drug-likeness (QED) is 0.780. The largest absolute Gasteiger partial charge is 0.493 e. The highest BCUT2D eigenvalue weighted by atomic mass is 16.5. The lowest BCUT2D eigenvalue weighted by Gasteiger charge is -2.17. The van der Waals surface area contributed by atoms with Gasteiger partial charge < -0.3 is 14.7 Å². The number of ether oxygens (including phenoxy) is 1. The molecule has 0 spiro atoms. The summed E-state index contributed by atoms with van der Waals surface area (Å²) >= 11 is 0. The fraction of sp³-hybridized carbons (Fsp3) is 0.500. The first-order valence-electron chi connectivity index (χ1n) is 7.17. The third kappa shape index (κ3) is 3.97. The Bertz CT molecular complexity index is 529. The van der Waals surface area contributed by atoms with Gasteiger partial charge in [-0.15, -0.1) is 0 Å². The molecule has 1 fully saturated rings. The molecule has 2 atom stereocenters. The van der Waals surface area contributed by atoms with E-state index in [1.165, 1.54) is 0 Å². The standard InChI is InChI=1S/C16H21NO4/c1-11-6-3-4-7-14(11)21-9-5-8-17(2)15(18)12-10-13(12)16(19)20/h3-4,6-7,12-13H,5,8-10H2,1-2H3,(H,19,20). The molecule has 1 aromatic carbocycles. The van der Waals surface area contributed by atoms with Crippen LogP contribution in [0, 0.1) is 18.8 Å². The number of amides is 1. The lowest BCUT2D eigenvalue weighted by atomic mass is 10.2. The molecule has 1 aromatic rings. The van der Waals surface area contributed by atoms with Gasteiger partial charge in [0.15, 0.2) is 0 Å². The molecule has 2 unspecified atom stereocenters. The predicted molar refractivity (Wildman–Crippen MR) is 78.2 cm³/mol. The maximum absolute atomic E-state index is 12.0. The zero-order valence-corrected chi connectivity index (χ0v) is 12.4. The summed E-state index contributed by atoms with van der Waals surface area (Å²) in [6, 6.07) is 7.80. The Kier molecular flexibility index (Phi) is 4.83. The summed E-state index contributed by atoms with van der Waals surface area (Å²) in [6.07, 6.45) is 1.19. The molecule has 5 nitrogen and oxygen atoms in total. The number of rotatable bonds is 7. The van der Waals surface area contributed by atoms with Crippen LogP contribution in [0.1, 0.15) is 18.4 Å². The van der Waals surface area contributed by atoms with Crippen LogP contribution in [0.2, 0.25) is 0 Å². The lowest BCUT2D eigenvalue weighted by molar-refractivity contribution is -0.141. The van der Waals surface area contributed by atoms with Crippen molar-refractivity contribution in [2.45, 2.75) is 19.8 Å². The smallest absolute Gasteiger partial charge is 0.307 e. The van der Waals surface area contributed by atoms with Gasteiger partial charge >= 0.3 is 5.97 Å². The fourth-order valence-corrected chi connectivity index (χ4v) is 2.34. The first-order chi connectivity index (χ1) is 10.0. The molecule has 0 radical (unpaired) electrons. The number of carboxylic acid groups (broad SMARTS) is 1. The van der Waals surface area contributed by atoms with Crippen LogP contribution in [0.5, 0.6) is 5.75 Å². The van der Waals surface area contributed by atoms with E-state index in [4.69, 9.17) is 9.84 Å². The molecule has 2 rings (SSSR count). The second-order valence-corrected chi connectivity index (χ2v) is 5.51. The van der Waals surface area contributed by atoms with Crippen molar-refractivity contribution in [2.75, 3.05) is 20.2 Å². The number of hydrogen-bond acceptors (Lipinski definition) is 3. The van der Waals surface area contributed by atoms with E-state index in [0.29, 0.717) is 19.6 Å². The second-order valence-electron chi connectivity index (χ2n) is 5.51. The van der Waals surface area contributed by atoms with Crippen LogP contribution in [0.25, 0.3) is 0 Å². The van der Waals surface area contributed by atoms with Gasteiger partial charge in [0.1, 0.15) is 5.75 Å². The summed E-state index contributed by atoms with van der Waals surface area (Å²) < 4.78 is 5.67.